The van der Waals surface area contributed by atoms with E-state index in [1.807, 2.05) is 18.4 Å². The maximum absolute atomic E-state index is 12.5. The van der Waals surface area contributed by atoms with Crippen molar-refractivity contribution in [2.24, 2.45) is 10.9 Å². The predicted molar refractivity (Wildman–Crippen MR) is 125 cm³/mol. The Morgan fingerprint density at radius 1 is 1.29 bits per heavy atom. The zero-order valence-electron chi connectivity index (χ0n) is 16.8. The monoisotopic (exact) mass is 517 g/mol. The number of piperazine rings is 1. The number of piperidine rings is 1. The van der Waals surface area contributed by atoms with Gasteiger partial charge in [-0.05, 0) is 56.6 Å². The molecule has 4 rings (SSSR count). The first kappa shape index (κ1) is 21.8. The first-order valence-electron chi connectivity index (χ1n) is 10.2. The molecule has 0 aromatic carbocycles. The van der Waals surface area contributed by atoms with Crippen molar-refractivity contribution in [2.75, 3.05) is 46.8 Å². The molecule has 3 heterocycles. The van der Waals surface area contributed by atoms with E-state index >= 15 is 0 Å². The van der Waals surface area contributed by atoms with E-state index in [2.05, 4.69) is 49.6 Å². The van der Waals surface area contributed by atoms with Gasteiger partial charge in [0.25, 0.3) is 0 Å². The SMILES string of the molecule is CN=C(NCC1CCCN(C)C1c1cccs1)N1CCN(C2CC2)C(=O)C1.I. The maximum atomic E-state index is 12.5. The van der Waals surface area contributed by atoms with Crippen LogP contribution in [0.1, 0.15) is 36.6 Å². The number of carbonyl (C=O) groups excluding carboxylic acids is 1. The lowest BCUT2D eigenvalue weighted by molar-refractivity contribution is -0.135. The normalized spacial score (nSPS) is 26.9. The van der Waals surface area contributed by atoms with Crippen molar-refractivity contribution in [3.63, 3.8) is 0 Å². The highest BCUT2D eigenvalue weighted by molar-refractivity contribution is 14.0. The molecule has 1 aromatic rings. The van der Waals surface area contributed by atoms with Crippen molar-refractivity contribution < 1.29 is 4.79 Å². The van der Waals surface area contributed by atoms with Crippen LogP contribution in [0.5, 0.6) is 0 Å². The Morgan fingerprint density at radius 3 is 2.75 bits per heavy atom. The lowest BCUT2D eigenvalue weighted by atomic mass is 9.88. The van der Waals surface area contributed by atoms with Gasteiger partial charge in [0, 0.05) is 43.6 Å². The summed E-state index contributed by atoms with van der Waals surface area (Å²) in [5.41, 5.74) is 0. The lowest BCUT2D eigenvalue weighted by Gasteiger charge is -2.40. The molecule has 1 aliphatic carbocycles. The van der Waals surface area contributed by atoms with Gasteiger partial charge in [-0.25, -0.2) is 0 Å². The van der Waals surface area contributed by atoms with Crippen molar-refractivity contribution in [3.05, 3.63) is 22.4 Å². The van der Waals surface area contributed by atoms with Gasteiger partial charge in [-0.2, -0.15) is 0 Å². The smallest absolute Gasteiger partial charge is 0.242 e. The van der Waals surface area contributed by atoms with Gasteiger partial charge in [0.1, 0.15) is 0 Å². The van der Waals surface area contributed by atoms with Gasteiger partial charge in [0.15, 0.2) is 5.96 Å². The molecule has 0 spiro atoms. The molecular weight excluding hydrogens is 485 g/mol. The number of likely N-dealkylation sites (tertiary alicyclic amines) is 1. The summed E-state index contributed by atoms with van der Waals surface area (Å²) in [4.78, 5) is 25.1. The van der Waals surface area contributed by atoms with Crippen LogP contribution in [0, 0.1) is 5.92 Å². The van der Waals surface area contributed by atoms with Crippen LogP contribution in [0.2, 0.25) is 0 Å². The fourth-order valence-electron chi connectivity index (χ4n) is 4.58. The first-order chi connectivity index (χ1) is 13.2. The van der Waals surface area contributed by atoms with E-state index in [1.54, 1.807) is 0 Å². The molecule has 3 aliphatic rings. The molecule has 8 heteroatoms. The second-order valence-corrected chi connectivity index (χ2v) is 8.99. The molecule has 1 amide bonds. The molecule has 2 atom stereocenters. The fourth-order valence-corrected chi connectivity index (χ4v) is 5.56. The van der Waals surface area contributed by atoms with Crippen LogP contribution in [0.4, 0.5) is 0 Å². The third kappa shape index (κ3) is 4.81. The quantitative estimate of drug-likeness (QED) is 0.379. The van der Waals surface area contributed by atoms with Crippen molar-refractivity contribution in [2.45, 2.75) is 37.8 Å². The molecular formula is C20H32IN5OS. The standard InChI is InChI=1S/C20H31N5OS.HI/c1-21-20(24-10-11-25(16-7-8-16)18(26)14-24)22-13-15-5-3-9-23(2)19(15)17-6-4-12-27-17;/h4,6,12,15-16,19H,3,5,7-11,13-14H2,1-2H3,(H,21,22);1H. The number of halogens is 1. The van der Waals surface area contributed by atoms with Crippen LogP contribution in [0.3, 0.4) is 0 Å². The minimum absolute atomic E-state index is 0. The molecule has 2 unspecified atom stereocenters. The van der Waals surface area contributed by atoms with Crippen LogP contribution in [0.25, 0.3) is 0 Å². The molecule has 1 aromatic heterocycles. The van der Waals surface area contributed by atoms with Crippen LogP contribution in [0.15, 0.2) is 22.5 Å². The Kier molecular flexibility index (Phi) is 7.60. The number of aliphatic imine (C=N–C) groups is 1. The number of guanidine groups is 1. The highest BCUT2D eigenvalue weighted by Gasteiger charge is 2.37. The lowest BCUT2D eigenvalue weighted by Crippen LogP contribution is -2.56. The average Bonchev–Trinajstić information content (AvgIpc) is 3.36. The Morgan fingerprint density at radius 2 is 2.11 bits per heavy atom. The van der Waals surface area contributed by atoms with E-state index in [0.717, 1.165) is 32.1 Å². The van der Waals surface area contributed by atoms with Crippen LogP contribution in [-0.4, -0.2) is 79.4 Å². The summed E-state index contributed by atoms with van der Waals surface area (Å²) < 4.78 is 0. The number of hydrogen-bond donors (Lipinski definition) is 1. The van der Waals surface area contributed by atoms with Gasteiger partial charge in [-0.3, -0.25) is 14.7 Å². The van der Waals surface area contributed by atoms with E-state index in [1.165, 1.54) is 30.6 Å². The number of nitrogens with zero attached hydrogens (tertiary/aromatic N) is 4. The van der Waals surface area contributed by atoms with Gasteiger partial charge in [-0.15, -0.1) is 35.3 Å². The molecule has 6 nitrogen and oxygen atoms in total. The summed E-state index contributed by atoms with van der Waals surface area (Å²) in [5, 5.41) is 5.76. The summed E-state index contributed by atoms with van der Waals surface area (Å²) in [6.07, 6.45) is 4.82. The molecule has 28 heavy (non-hydrogen) atoms. The summed E-state index contributed by atoms with van der Waals surface area (Å²) in [5.74, 6) is 1.68. The Hall–Kier alpha value is -0.870. The highest BCUT2D eigenvalue weighted by atomic mass is 127. The van der Waals surface area contributed by atoms with Crippen molar-refractivity contribution in [1.29, 1.82) is 0 Å². The van der Waals surface area contributed by atoms with E-state index in [0.29, 0.717) is 24.5 Å². The Bertz CT molecular complexity index is 678. The Labute approximate surface area is 189 Å². The van der Waals surface area contributed by atoms with Gasteiger partial charge < -0.3 is 15.1 Å². The molecule has 0 radical (unpaired) electrons. The number of carbonyl (C=O) groups is 1. The van der Waals surface area contributed by atoms with E-state index in [-0.39, 0.29) is 29.9 Å². The molecule has 0 bridgehead atoms. The average molecular weight is 517 g/mol. The van der Waals surface area contributed by atoms with Gasteiger partial charge in [0.05, 0.1) is 6.54 Å². The highest BCUT2D eigenvalue weighted by Crippen LogP contribution is 2.36. The second kappa shape index (κ2) is 9.75. The number of thiophene rings is 1. The summed E-state index contributed by atoms with van der Waals surface area (Å²) in [6, 6.07) is 5.39. The third-order valence-electron chi connectivity index (χ3n) is 6.12. The zero-order chi connectivity index (χ0) is 18.8. The number of rotatable bonds is 4. The Balaban J connectivity index is 0.00000225. The van der Waals surface area contributed by atoms with Crippen molar-refractivity contribution in [1.82, 2.24) is 20.0 Å². The van der Waals surface area contributed by atoms with E-state index < -0.39 is 0 Å². The fraction of sp³-hybridized carbons (Fsp3) is 0.700. The topological polar surface area (TPSA) is 51.2 Å². The third-order valence-corrected chi connectivity index (χ3v) is 7.06. The minimum Gasteiger partial charge on any atom is -0.356 e. The summed E-state index contributed by atoms with van der Waals surface area (Å²) >= 11 is 1.85. The first-order valence-corrected chi connectivity index (χ1v) is 11.0. The van der Waals surface area contributed by atoms with Gasteiger partial charge in [0.2, 0.25) is 5.91 Å². The van der Waals surface area contributed by atoms with Crippen molar-refractivity contribution >= 4 is 47.2 Å². The number of amides is 1. The van der Waals surface area contributed by atoms with Crippen LogP contribution >= 0.6 is 35.3 Å². The zero-order valence-corrected chi connectivity index (χ0v) is 20.0. The number of hydrogen-bond acceptors (Lipinski definition) is 4. The minimum atomic E-state index is 0. The second-order valence-electron chi connectivity index (χ2n) is 8.01. The predicted octanol–water partition coefficient (Wildman–Crippen LogP) is 2.63. The molecule has 156 valence electrons. The molecule has 2 saturated heterocycles. The number of nitrogens with one attached hydrogen (secondary N) is 1. The van der Waals surface area contributed by atoms with Gasteiger partial charge in [-0.1, -0.05) is 6.07 Å². The van der Waals surface area contributed by atoms with E-state index in [9.17, 15) is 4.79 Å². The summed E-state index contributed by atoms with van der Waals surface area (Å²) in [7, 11) is 4.06. The molecule has 1 saturated carbocycles. The maximum Gasteiger partial charge on any atom is 0.242 e. The largest absolute Gasteiger partial charge is 0.356 e. The molecule has 3 fully saturated rings. The van der Waals surface area contributed by atoms with Crippen molar-refractivity contribution in [3.8, 4) is 0 Å². The van der Waals surface area contributed by atoms with Crippen LogP contribution < -0.4 is 5.32 Å². The molecule has 1 N–H and O–H groups in total. The van der Waals surface area contributed by atoms with Gasteiger partial charge >= 0.3 is 0 Å². The summed E-state index contributed by atoms with van der Waals surface area (Å²) in [6.45, 7) is 4.21. The molecule has 2 aliphatic heterocycles. The van der Waals surface area contributed by atoms with E-state index in [4.69, 9.17) is 0 Å². The van der Waals surface area contributed by atoms with Crippen LogP contribution in [-0.2, 0) is 4.79 Å².